The van der Waals surface area contributed by atoms with Crippen LogP contribution < -0.4 is 0 Å². The molecule has 0 saturated carbocycles. The summed E-state index contributed by atoms with van der Waals surface area (Å²) in [6.07, 6.45) is 1.95. The highest BCUT2D eigenvalue weighted by Gasteiger charge is 2.03. The van der Waals surface area contributed by atoms with Gasteiger partial charge in [-0.15, -0.1) is 0 Å². The van der Waals surface area contributed by atoms with Crippen molar-refractivity contribution in [1.82, 2.24) is 9.97 Å². The molecule has 2 heteroatoms. The van der Waals surface area contributed by atoms with Crippen molar-refractivity contribution in [2.75, 3.05) is 0 Å². The fourth-order valence-electron chi connectivity index (χ4n) is 1.49. The molecule has 2 heterocycles. The van der Waals surface area contributed by atoms with E-state index in [0.29, 0.717) is 5.92 Å². The van der Waals surface area contributed by atoms with E-state index in [1.165, 1.54) is 16.6 Å². The van der Waals surface area contributed by atoms with Crippen LogP contribution in [-0.2, 0) is 0 Å². The maximum Gasteiger partial charge on any atom is 0.137 e. The number of aryl methyl sites for hydroxylation is 1. The summed E-state index contributed by atoms with van der Waals surface area (Å²) in [5, 5.41) is 1.21. The first-order valence-corrected chi connectivity index (χ1v) is 4.62. The van der Waals surface area contributed by atoms with Gasteiger partial charge in [0.1, 0.15) is 5.65 Å². The zero-order valence-electron chi connectivity index (χ0n) is 8.26. The van der Waals surface area contributed by atoms with E-state index in [2.05, 4.69) is 42.9 Å². The largest absolute Gasteiger partial charge is 0.344 e. The van der Waals surface area contributed by atoms with E-state index in [-0.39, 0.29) is 1.43 Å². The summed E-state index contributed by atoms with van der Waals surface area (Å²) in [7, 11) is 0. The highest BCUT2D eigenvalue weighted by atomic mass is 14.8. The summed E-state index contributed by atoms with van der Waals surface area (Å²) in [6.45, 7) is 6.42. The van der Waals surface area contributed by atoms with Gasteiger partial charge in [-0.1, -0.05) is 13.8 Å². The molecule has 0 aliphatic rings. The van der Waals surface area contributed by atoms with E-state index in [0.717, 1.165) is 5.65 Å². The van der Waals surface area contributed by atoms with Crippen molar-refractivity contribution in [1.29, 1.82) is 0 Å². The van der Waals surface area contributed by atoms with Crippen LogP contribution in [0.3, 0.4) is 0 Å². The van der Waals surface area contributed by atoms with Gasteiger partial charge in [-0.3, -0.25) is 0 Å². The molecule has 2 aromatic heterocycles. The highest BCUT2D eigenvalue weighted by molar-refractivity contribution is 5.77. The number of nitrogens with one attached hydrogen (secondary N) is 1. The summed E-state index contributed by atoms with van der Waals surface area (Å²) in [4.78, 5) is 7.58. The highest BCUT2D eigenvalue weighted by Crippen LogP contribution is 2.19. The van der Waals surface area contributed by atoms with E-state index in [9.17, 15) is 0 Å². The van der Waals surface area contributed by atoms with E-state index in [1.54, 1.807) is 0 Å². The van der Waals surface area contributed by atoms with Crippen molar-refractivity contribution in [2.45, 2.75) is 26.7 Å². The predicted molar refractivity (Wildman–Crippen MR) is 57.0 cm³/mol. The SMILES string of the molecule is Cc1cc2cc(C(C)C)cnc2[nH]1.[HH]. The van der Waals surface area contributed by atoms with Gasteiger partial charge in [0.15, 0.2) is 0 Å². The number of aromatic nitrogens is 2. The Morgan fingerprint density at radius 2 is 2.15 bits per heavy atom. The number of fused-ring (bicyclic) bond motifs is 1. The molecule has 13 heavy (non-hydrogen) atoms. The lowest BCUT2D eigenvalue weighted by atomic mass is 10.1. The molecule has 0 aliphatic heterocycles. The van der Waals surface area contributed by atoms with E-state index in [4.69, 9.17) is 0 Å². The van der Waals surface area contributed by atoms with Crippen LogP contribution in [-0.4, -0.2) is 9.97 Å². The van der Waals surface area contributed by atoms with E-state index in [1.807, 2.05) is 6.20 Å². The standard InChI is InChI=1S/C11H14N2.H2/c1-7(2)10-5-9-4-8(3)13-11(9)12-6-10;/h4-7H,1-3H3,(H,12,13);1H. The molecule has 0 saturated heterocycles. The van der Waals surface area contributed by atoms with E-state index < -0.39 is 0 Å². The first-order valence-electron chi connectivity index (χ1n) is 4.62. The molecule has 0 fully saturated rings. The van der Waals surface area contributed by atoms with Crippen LogP contribution in [0.4, 0.5) is 0 Å². The molecule has 0 spiro atoms. The Kier molecular flexibility index (Phi) is 1.83. The lowest BCUT2D eigenvalue weighted by Gasteiger charge is -2.03. The average molecular weight is 176 g/mol. The summed E-state index contributed by atoms with van der Waals surface area (Å²) in [5.41, 5.74) is 3.46. The van der Waals surface area contributed by atoms with Crippen LogP contribution in [0.15, 0.2) is 18.3 Å². The topological polar surface area (TPSA) is 28.7 Å². The lowest BCUT2D eigenvalue weighted by Crippen LogP contribution is -1.88. The quantitative estimate of drug-likeness (QED) is 0.710. The van der Waals surface area contributed by atoms with Gasteiger partial charge in [-0.2, -0.15) is 0 Å². The molecule has 0 atom stereocenters. The van der Waals surface area contributed by atoms with Crippen molar-refractivity contribution in [3.8, 4) is 0 Å². The van der Waals surface area contributed by atoms with Gasteiger partial charge in [0.05, 0.1) is 0 Å². The fraction of sp³-hybridized carbons (Fsp3) is 0.364. The first kappa shape index (κ1) is 8.30. The molecule has 70 valence electrons. The normalized spacial score (nSPS) is 11.4. The van der Waals surface area contributed by atoms with Gasteiger partial charge in [0.25, 0.3) is 0 Å². The number of hydrogen-bond acceptors (Lipinski definition) is 1. The third-order valence-corrected chi connectivity index (χ3v) is 2.29. The molecule has 2 aromatic rings. The fourth-order valence-corrected chi connectivity index (χ4v) is 1.49. The molecule has 1 N–H and O–H groups in total. The van der Waals surface area contributed by atoms with Crippen molar-refractivity contribution >= 4 is 11.0 Å². The van der Waals surface area contributed by atoms with Gasteiger partial charge in [-0.25, -0.2) is 4.98 Å². The second kappa shape index (κ2) is 2.87. The molecule has 0 radical (unpaired) electrons. The van der Waals surface area contributed by atoms with Crippen LogP contribution in [0.25, 0.3) is 11.0 Å². The number of H-pyrrole nitrogens is 1. The minimum absolute atomic E-state index is 0. The Labute approximate surface area is 79.5 Å². The molecular weight excluding hydrogens is 160 g/mol. The monoisotopic (exact) mass is 176 g/mol. The second-order valence-electron chi connectivity index (χ2n) is 3.81. The van der Waals surface area contributed by atoms with Crippen molar-refractivity contribution in [3.05, 3.63) is 29.6 Å². The zero-order valence-corrected chi connectivity index (χ0v) is 8.26. The number of rotatable bonds is 1. The number of hydrogen-bond donors (Lipinski definition) is 1. The Hall–Kier alpha value is -1.31. The van der Waals surface area contributed by atoms with E-state index >= 15 is 0 Å². The molecule has 0 aliphatic carbocycles. The maximum absolute atomic E-state index is 4.37. The first-order chi connectivity index (χ1) is 6.16. The van der Waals surface area contributed by atoms with Crippen LogP contribution in [0, 0.1) is 6.92 Å². The molecule has 0 amide bonds. The van der Waals surface area contributed by atoms with Crippen LogP contribution in [0.5, 0.6) is 0 Å². The number of aromatic amines is 1. The third-order valence-electron chi connectivity index (χ3n) is 2.29. The van der Waals surface area contributed by atoms with Crippen LogP contribution >= 0.6 is 0 Å². The van der Waals surface area contributed by atoms with Gasteiger partial charge in [0.2, 0.25) is 0 Å². The Morgan fingerprint density at radius 1 is 1.38 bits per heavy atom. The molecule has 2 nitrogen and oxygen atoms in total. The van der Waals surface area contributed by atoms with Crippen LogP contribution in [0.2, 0.25) is 0 Å². The Bertz CT molecular complexity index is 432. The number of pyridine rings is 1. The minimum atomic E-state index is 0. The van der Waals surface area contributed by atoms with Crippen molar-refractivity contribution in [3.63, 3.8) is 0 Å². The summed E-state index contributed by atoms with van der Waals surface area (Å²) in [6, 6.07) is 4.34. The molecular formula is C11H16N2. The average Bonchev–Trinajstić information content (AvgIpc) is 2.42. The lowest BCUT2D eigenvalue weighted by molar-refractivity contribution is 0.862. The summed E-state index contributed by atoms with van der Waals surface area (Å²) >= 11 is 0. The van der Waals surface area contributed by atoms with Crippen molar-refractivity contribution < 1.29 is 1.43 Å². The molecule has 0 aromatic carbocycles. The predicted octanol–water partition coefficient (Wildman–Crippen LogP) is 3.24. The Morgan fingerprint density at radius 3 is 2.85 bits per heavy atom. The van der Waals surface area contributed by atoms with Crippen molar-refractivity contribution in [2.24, 2.45) is 0 Å². The van der Waals surface area contributed by atoms with Gasteiger partial charge in [0, 0.05) is 18.7 Å². The molecule has 0 unspecified atom stereocenters. The number of nitrogens with zero attached hydrogens (tertiary/aromatic N) is 1. The zero-order chi connectivity index (χ0) is 9.42. The third kappa shape index (κ3) is 1.44. The molecule has 0 bridgehead atoms. The summed E-state index contributed by atoms with van der Waals surface area (Å²) < 4.78 is 0. The maximum atomic E-state index is 4.37. The van der Waals surface area contributed by atoms with Gasteiger partial charge >= 0.3 is 0 Å². The summed E-state index contributed by atoms with van der Waals surface area (Å²) in [5.74, 6) is 0.548. The van der Waals surface area contributed by atoms with Crippen LogP contribution in [0.1, 0.15) is 32.4 Å². The molecule has 2 rings (SSSR count). The van der Waals surface area contributed by atoms with Gasteiger partial charge < -0.3 is 4.98 Å². The van der Waals surface area contributed by atoms with Gasteiger partial charge in [-0.05, 0) is 30.5 Å². The second-order valence-corrected chi connectivity index (χ2v) is 3.81. The smallest absolute Gasteiger partial charge is 0.137 e. The Balaban J connectivity index is 0.000000980. The minimum Gasteiger partial charge on any atom is -0.344 e.